The summed E-state index contributed by atoms with van der Waals surface area (Å²) in [7, 11) is 2.20. The number of rotatable bonds is 6. The summed E-state index contributed by atoms with van der Waals surface area (Å²) in [4.78, 5) is 9.45. The van der Waals surface area contributed by atoms with E-state index in [1.54, 1.807) is 0 Å². The summed E-state index contributed by atoms with van der Waals surface area (Å²) in [5.74, 6) is 0.481. The smallest absolute Gasteiger partial charge is 0.193 e. The SMILES string of the molecule is CN1CCN(CCCN=C(N)Nc2ccccc2)C(c2ccccc2)C1. The average Bonchev–Trinajstić information content (AvgIpc) is 2.67. The maximum Gasteiger partial charge on any atom is 0.193 e. The van der Waals surface area contributed by atoms with Gasteiger partial charge in [-0.3, -0.25) is 9.89 Å². The summed E-state index contributed by atoms with van der Waals surface area (Å²) in [6.45, 7) is 5.06. The Morgan fingerprint density at radius 3 is 2.50 bits per heavy atom. The van der Waals surface area contributed by atoms with E-state index in [2.05, 4.69) is 57.5 Å². The van der Waals surface area contributed by atoms with E-state index in [9.17, 15) is 0 Å². The highest BCUT2D eigenvalue weighted by Gasteiger charge is 2.25. The molecule has 2 aromatic rings. The number of aliphatic imine (C=N–C) groups is 1. The molecule has 2 aromatic carbocycles. The standard InChI is InChI=1S/C21H29N5/c1-25-15-16-26(20(17-25)18-9-4-2-5-10-18)14-8-13-23-21(22)24-19-11-6-3-7-12-19/h2-7,9-12,20H,8,13-17H2,1H3,(H3,22,23,24). The van der Waals surface area contributed by atoms with E-state index in [-0.39, 0.29) is 0 Å². The fourth-order valence-electron chi connectivity index (χ4n) is 3.40. The number of benzene rings is 2. The molecule has 1 unspecified atom stereocenters. The predicted molar refractivity (Wildman–Crippen MR) is 109 cm³/mol. The van der Waals surface area contributed by atoms with E-state index >= 15 is 0 Å². The molecule has 5 nitrogen and oxygen atoms in total. The van der Waals surface area contributed by atoms with Crippen molar-refractivity contribution in [2.75, 3.05) is 45.1 Å². The number of hydrogen-bond donors (Lipinski definition) is 2. The van der Waals surface area contributed by atoms with Crippen molar-refractivity contribution in [1.29, 1.82) is 0 Å². The van der Waals surface area contributed by atoms with Crippen LogP contribution in [0.5, 0.6) is 0 Å². The van der Waals surface area contributed by atoms with Crippen LogP contribution in [0.1, 0.15) is 18.0 Å². The van der Waals surface area contributed by atoms with Crippen LogP contribution in [0.2, 0.25) is 0 Å². The third-order valence-electron chi connectivity index (χ3n) is 4.81. The van der Waals surface area contributed by atoms with Gasteiger partial charge in [-0.15, -0.1) is 0 Å². The molecule has 0 aromatic heterocycles. The highest BCUT2D eigenvalue weighted by molar-refractivity contribution is 5.92. The zero-order chi connectivity index (χ0) is 18.2. The summed E-state index contributed by atoms with van der Waals surface area (Å²) in [6, 6.07) is 21.2. The lowest BCUT2D eigenvalue weighted by Gasteiger charge is -2.40. The molecule has 0 radical (unpaired) electrons. The molecule has 1 aliphatic heterocycles. The van der Waals surface area contributed by atoms with Gasteiger partial charge in [-0.1, -0.05) is 48.5 Å². The first-order valence-electron chi connectivity index (χ1n) is 9.32. The number of anilines is 1. The Bertz CT molecular complexity index is 686. The van der Waals surface area contributed by atoms with Gasteiger partial charge < -0.3 is 16.0 Å². The van der Waals surface area contributed by atoms with Crippen molar-refractivity contribution in [2.24, 2.45) is 10.7 Å². The maximum absolute atomic E-state index is 5.98. The van der Waals surface area contributed by atoms with Gasteiger partial charge in [0.2, 0.25) is 0 Å². The second-order valence-electron chi connectivity index (χ2n) is 6.84. The molecule has 0 bridgehead atoms. The summed E-state index contributed by atoms with van der Waals surface area (Å²) < 4.78 is 0. The highest BCUT2D eigenvalue weighted by atomic mass is 15.3. The van der Waals surface area contributed by atoms with Gasteiger partial charge in [0, 0.05) is 44.5 Å². The number of piperazine rings is 1. The molecular formula is C21H29N5. The van der Waals surface area contributed by atoms with Crippen LogP contribution in [-0.2, 0) is 0 Å². The Labute approximate surface area is 156 Å². The first-order valence-corrected chi connectivity index (χ1v) is 9.32. The molecule has 1 atom stereocenters. The fraction of sp³-hybridized carbons (Fsp3) is 0.381. The lowest BCUT2D eigenvalue weighted by Crippen LogP contribution is -2.47. The second kappa shape index (κ2) is 9.36. The van der Waals surface area contributed by atoms with Gasteiger partial charge in [-0.25, -0.2) is 0 Å². The Morgan fingerprint density at radius 2 is 1.77 bits per heavy atom. The van der Waals surface area contributed by atoms with Crippen molar-refractivity contribution in [1.82, 2.24) is 9.80 Å². The monoisotopic (exact) mass is 351 g/mol. The zero-order valence-corrected chi connectivity index (χ0v) is 15.5. The maximum atomic E-state index is 5.98. The Hall–Kier alpha value is -2.37. The van der Waals surface area contributed by atoms with Gasteiger partial charge in [-0.2, -0.15) is 0 Å². The third kappa shape index (κ3) is 5.31. The minimum absolute atomic E-state index is 0.457. The number of para-hydroxylation sites is 1. The number of hydrogen-bond acceptors (Lipinski definition) is 3. The van der Waals surface area contributed by atoms with Crippen LogP contribution >= 0.6 is 0 Å². The molecule has 0 amide bonds. The zero-order valence-electron chi connectivity index (χ0n) is 15.5. The number of nitrogens with one attached hydrogen (secondary N) is 1. The number of likely N-dealkylation sites (N-methyl/N-ethyl adjacent to an activating group) is 1. The van der Waals surface area contributed by atoms with Crippen LogP contribution in [0.4, 0.5) is 5.69 Å². The van der Waals surface area contributed by atoms with Crippen LogP contribution in [0.3, 0.4) is 0 Å². The van der Waals surface area contributed by atoms with Crippen LogP contribution in [0.25, 0.3) is 0 Å². The largest absolute Gasteiger partial charge is 0.370 e. The van der Waals surface area contributed by atoms with E-state index in [1.807, 2.05) is 30.3 Å². The van der Waals surface area contributed by atoms with E-state index < -0.39 is 0 Å². The van der Waals surface area contributed by atoms with Gasteiger partial charge in [0.25, 0.3) is 0 Å². The second-order valence-corrected chi connectivity index (χ2v) is 6.84. The molecule has 0 spiro atoms. The Balaban J connectivity index is 1.50. The number of guanidine groups is 1. The minimum atomic E-state index is 0.457. The molecule has 26 heavy (non-hydrogen) atoms. The van der Waals surface area contributed by atoms with Crippen molar-refractivity contribution in [3.63, 3.8) is 0 Å². The lowest BCUT2D eigenvalue weighted by molar-refractivity contribution is 0.0894. The van der Waals surface area contributed by atoms with E-state index in [4.69, 9.17) is 5.73 Å². The third-order valence-corrected chi connectivity index (χ3v) is 4.81. The molecule has 1 aliphatic rings. The summed E-state index contributed by atoms with van der Waals surface area (Å²) >= 11 is 0. The van der Waals surface area contributed by atoms with Crippen LogP contribution in [0, 0.1) is 0 Å². The van der Waals surface area contributed by atoms with Gasteiger partial charge >= 0.3 is 0 Å². The van der Waals surface area contributed by atoms with Crippen LogP contribution < -0.4 is 11.1 Å². The quantitative estimate of drug-likeness (QED) is 0.477. The fourth-order valence-corrected chi connectivity index (χ4v) is 3.40. The molecule has 1 fully saturated rings. The summed E-state index contributed by atoms with van der Waals surface area (Å²) in [6.07, 6.45) is 1.00. The summed E-state index contributed by atoms with van der Waals surface area (Å²) in [5.41, 5.74) is 8.35. The first kappa shape index (κ1) is 18.4. The molecule has 3 N–H and O–H groups in total. The topological polar surface area (TPSA) is 56.9 Å². The average molecular weight is 351 g/mol. The lowest BCUT2D eigenvalue weighted by atomic mass is 10.0. The van der Waals surface area contributed by atoms with Crippen molar-refractivity contribution >= 4 is 11.6 Å². The number of nitrogens with two attached hydrogens (primary N) is 1. The molecule has 1 heterocycles. The molecule has 5 heteroatoms. The first-order chi connectivity index (χ1) is 12.7. The van der Waals surface area contributed by atoms with Gasteiger partial charge in [0.15, 0.2) is 5.96 Å². The molecule has 0 saturated carbocycles. The molecule has 138 valence electrons. The van der Waals surface area contributed by atoms with Crippen LogP contribution in [-0.4, -0.2) is 55.5 Å². The molecule has 1 saturated heterocycles. The Morgan fingerprint density at radius 1 is 1.08 bits per heavy atom. The van der Waals surface area contributed by atoms with Crippen molar-refractivity contribution in [2.45, 2.75) is 12.5 Å². The van der Waals surface area contributed by atoms with E-state index in [1.165, 1.54) is 5.56 Å². The van der Waals surface area contributed by atoms with Gasteiger partial charge in [0.1, 0.15) is 0 Å². The van der Waals surface area contributed by atoms with Crippen LogP contribution in [0.15, 0.2) is 65.7 Å². The van der Waals surface area contributed by atoms with E-state index in [0.29, 0.717) is 12.0 Å². The molecular weight excluding hydrogens is 322 g/mol. The van der Waals surface area contributed by atoms with Gasteiger partial charge in [-0.05, 0) is 31.2 Å². The number of nitrogens with zero attached hydrogens (tertiary/aromatic N) is 3. The molecule has 0 aliphatic carbocycles. The van der Waals surface area contributed by atoms with Crippen molar-refractivity contribution in [3.8, 4) is 0 Å². The van der Waals surface area contributed by atoms with Crippen molar-refractivity contribution in [3.05, 3.63) is 66.2 Å². The Kier molecular flexibility index (Phi) is 6.63. The van der Waals surface area contributed by atoms with E-state index in [0.717, 1.165) is 44.8 Å². The van der Waals surface area contributed by atoms with Crippen molar-refractivity contribution < 1.29 is 0 Å². The molecule has 3 rings (SSSR count). The summed E-state index contributed by atoms with van der Waals surface area (Å²) in [5, 5.41) is 3.13. The normalized spacial score (nSPS) is 19.4. The van der Waals surface area contributed by atoms with Gasteiger partial charge in [0.05, 0.1) is 0 Å². The predicted octanol–water partition coefficient (Wildman–Crippen LogP) is 2.79. The highest BCUT2D eigenvalue weighted by Crippen LogP contribution is 2.24. The minimum Gasteiger partial charge on any atom is -0.370 e.